The molecule has 1 unspecified atom stereocenters. The third-order valence-corrected chi connectivity index (χ3v) is 7.54. The van der Waals surface area contributed by atoms with E-state index < -0.39 is 0 Å². The van der Waals surface area contributed by atoms with E-state index in [1.165, 1.54) is 5.56 Å². The van der Waals surface area contributed by atoms with Crippen molar-refractivity contribution < 1.29 is 4.79 Å². The summed E-state index contributed by atoms with van der Waals surface area (Å²) in [7, 11) is 0. The minimum Gasteiger partial charge on any atom is -0.357 e. The molecule has 3 aromatic rings. The smallest absolute Gasteiger partial charge is 0.178 e. The van der Waals surface area contributed by atoms with E-state index in [2.05, 4.69) is 86.6 Å². The molecule has 190 valence electrons. The second kappa shape index (κ2) is 9.46. The van der Waals surface area contributed by atoms with E-state index in [9.17, 15) is 4.79 Å². The van der Waals surface area contributed by atoms with E-state index in [1.54, 1.807) is 0 Å². The maximum Gasteiger partial charge on any atom is 0.178 e. The average Bonchev–Trinajstić information content (AvgIpc) is 2.98. The van der Waals surface area contributed by atoms with Crippen LogP contribution in [0.3, 0.4) is 0 Å². The third-order valence-electron chi connectivity index (χ3n) is 7.24. The molecule has 0 amide bonds. The summed E-state index contributed by atoms with van der Waals surface area (Å²) in [6.07, 6.45) is 1.30. The molecule has 1 aliphatic carbocycles. The molecular weight excluding hydrogens is 474 g/mol. The number of ketones is 1. The van der Waals surface area contributed by atoms with E-state index in [4.69, 9.17) is 12.2 Å². The molecule has 2 aliphatic rings. The molecule has 3 aromatic carbocycles. The van der Waals surface area contributed by atoms with Gasteiger partial charge in [-0.25, -0.2) is 0 Å². The van der Waals surface area contributed by atoms with Gasteiger partial charge >= 0.3 is 0 Å². The van der Waals surface area contributed by atoms with Crippen LogP contribution in [0.1, 0.15) is 64.6 Å². The number of nitrogens with one attached hydrogen (secondary N) is 2. The Morgan fingerprint density at radius 1 is 0.946 bits per heavy atom. The zero-order valence-electron chi connectivity index (χ0n) is 22.3. The van der Waals surface area contributed by atoms with Crippen molar-refractivity contribution >= 4 is 40.2 Å². The molecule has 0 bridgehead atoms. The van der Waals surface area contributed by atoms with Crippen LogP contribution in [0.15, 0.2) is 90.1 Å². The Hall–Kier alpha value is -3.44. The standard InChI is InChI=1S/C32H35N3OS/c1-31(2,3)22-17-15-21(16-18-22)29-28-25(19-32(4,5)20-27(28)36)34-24-13-9-10-14-26(24)35(29)30(37)33-23-11-7-6-8-12-23/h6-18,29,34H,19-20H2,1-5H3,(H,33,37). The first kappa shape index (κ1) is 25.2. The second-order valence-electron chi connectivity index (χ2n) is 11.9. The largest absolute Gasteiger partial charge is 0.357 e. The molecule has 1 heterocycles. The summed E-state index contributed by atoms with van der Waals surface area (Å²) in [5.74, 6) is 0.170. The molecule has 0 aromatic heterocycles. The number of hydrogen-bond acceptors (Lipinski definition) is 3. The van der Waals surface area contributed by atoms with E-state index in [0.29, 0.717) is 11.5 Å². The number of carbonyl (C=O) groups is 1. The number of thiocarbonyl (C=S) groups is 1. The van der Waals surface area contributed by atoms with Crippen LogP contribution in [-0.4, -0.2) is 10.9 Å². The number of fused-ring (bicyclic) bond motifs is 1. The number of hydrogen-bond donors (Lipinski definition) is 2. The van der Waals surface area contributed by atoms with Gasteiger partial charge in [0, 0.05) is 23.4 Å². The fraction of sp³-hybridized carbons (Fsp3) is 0.312. The van der Waals surface area contributed by atoms with E-state index >= 15 is 0 Å². The normalized spacial score (nSPS) is 18.9. The SMILES string of the molecule is CC1(C)CC(=O)C2=C(C1)Nc1ccccc1N(C(=S)Nc1ccccc1)C2c1ccc(C(C)(C)C)cc1. The van der Waals surface area contributed by atoms with Crippen LogP contribution in [0.2, 0.25) is 0 Å². The Morgan fingerprint density at radius 3 is 2.27 bits per heavy atom. The minimum absolute atomic E-state index is 0.0368. The third kappa shape index (κ3) is 5.05. The predicted molar refractivity (Wildman–Crippen MR) is 158 cm³/mol. The summed E-state index contributed by atoms with van der Waals surface area (Å²) < 4.78 is 0. The van der Waals surface area contributed by atoms with Crippen molar-refractivity contribution in [1.29, 1.82) is 0 Å². The number of anilines is 3. The van der Waals surface area contributed by atoms with Crippen LogP contribution in [0, 0.1) is 5.41 Å². The molecule has 4 nitrogen and oxygen atoms in total. The Balaban J connectivity index is 1.71. The monoisotopic (exact) mass is 509 g/mol. The Kier molecular flexibility index (Phi) is 6.45. The molecule has 0 radical (unpaired) electrons. The Morgan fingerprint density at radius 2 is 1.59 bits per heavy atom. The van der Waals surface area contributed by atoms with Crippen LogP contribution in [0.5, 0.6) is 0 Å². The van der Waals surface area contributed by atoms with Crippen molar-refractivity contribution in [3.63, 3.8) is 0 Å². The highest BCUT2D eigenvalue weighted by atomic mass is 32.1. The summed E-state index contributed by atoms with van der Waals surface area (Å²) >= 11 is 6.09. The van der Waals surface area contributed by atoms with Crippen LogP contribution < -0.4 is 15.5 Å². The van der Waals surface area contributed by atoms with Crippen molar-refractivity contribution in [2.45, 2.75) is 58.9 Å². The molecule has 37 heavy (non-hydrogen) atoms. The van der Waals surface area contributed by atoms with Crippen LogP contribution in [0.25, 0.3) is 0 Å². The van der Waals surface area contributed by atoms with Gasteiger partial charge in [0.2, 0.25) is 0 Å². The molecule has 0 saturated heterocycles. The highest BCUT2D eigenvalue weighted by Crippen LogP contribution is 2.48. The van der Waals surface area contributed by atoms with E-state index in [-0.39, 0.29) is 22.7 Å². The number of allylic oxidation sites excluding steroid dienone is 1. The first-order valence-electron chi connectivity index (χ1n) is 12.9. The molecule has 5 rings (SSSR count). The fourth-order valence-corrected chi connectivity index (χ4v) is 5.72. The maximum absolute atomic E-state index is 13.9. The van der Waals surface area contributed by atoms with Gasteiger partial charge in [-0.2, -0.15) is 0 Å². The molecule has 2 N–H and O–H groups in total. The van der Waals surface area contributed by atoms with E-state index in [0.717, 1.165) is 40.3 Å². The molecule has 0 spiro atoms. The lowest BCUT2D eigenvalue weighted by Crippen LogP contribution is -2.41. The van der Waals surface area contributed by atoms with Gasteiger partial charge in [0.05, 0.1) is 17.4 Å². The molecule has 1 atom stereocenters. The van der Waals surface area contributed by atoms with Crippen molar-refractivity contribution in [2.75, 3.05) is 15.5 Å². The lowest BCUT2D eigenvalue weighted by molar-refractivity contribution is -0.118. The zero-order valence-corrected chi connectivity index (χ0v) is 23.1. The number of carbonyl (C=O) groups excluding carboxylic acids is 1. The Bertz CT molecular complexity index is 1370. The first-order valence-corrected chi connectivity index (χ1v) is 13.3. The number of Topliss-reactive ketones (excluding diaryl/α,β-unsaturated/α-hetero) is 1. The summed E-state index contributed by atoms with van der Waals surface area (Å²) in [6, 6.07) is 26.5. The van der Waals surface area contributed by atoms with Crippen LogP contribution >= 0.6 is 12.2 Å². The summed E-state index contributed by atoms with van der Waals surface area (Å²) in [6.45, 7) is 11.0. The van der Waals surface area contributed by atoms with Crippen LogP contribution in [-0.2, 0) is 10.2 Å². The molecule has 0 fully saturated rings. The second-order valence-corrected chi connectivity index (χ2v) is 12.3. The first-order chi connectivity index (χ1) is 17.5. The lowest BCUT2D eigenvalue weighted by atomic mass is 9.73. The van der Waals surface area contributed by atoms with Crippen molar-refractivity contribution in [2.24, 2.45) is 5.41 Å². The topological polar surface area (TPSA) is 44.4 Å². The fourth-order valence-electron chi connectivity index (χ4n) is 5.40. The molecule has 0 saturated carbocycles. The van der Waals surface area contributed by atoms with Gasteiger partial charge in [0.15, 0.2) is 10.9 Å². The number of rotatable bonds is 2. The molecular formula is C32H35N3OS. The number of benzene rings is 3. The van der Waals surface area contributed by atoms with Crippen LogP contribution in [0.4, 0.5) is 17.1 Å². The number of nitrogens with zero attached hydrogens (tertiary/aromatic N) is 1. The van der Waals surface area contributed by atoms with Gasteiger partial charge in [-0.3, -0.25) is 4.79 Å². The van der Waals surface area contributed by atoms with Gasteiger partial charge in [0.1, 0.15) is 0 Å². The summed E-state index contributed by atoms with van der Waals surface area (Å²) in [5.41, 5.74) is 6.82. The Labute approximate surface area is 225 Å². The number of para-hydroxylation sites is 3. The lowest BCUT2D eigenvalue weighted by Gasteiger charge is -2.38. The highest BCUT2D eigenvalue weighted by Gasteiger charge is 2.42. The van der Waals surface area contributed by atoms with Gasteiger partial charge < -0.3 is 15.5 Å². The van der Waals surface area contributed by atoms with Crippen molar-refractivity contribution in [1.82, 2.24) is 0 Å². The van der Waals surface area contributed by atoms with Gasteiger partial charge in [-0.05, 0) is 64.9 Å². The van der Waals surface area contributed by atoms with Crippen molar-refractivity contribution in [3.8, 4) is 0 Å². The average molecular weight is 510 g/mol. The maximum atomic E-state index is 13.9. The van der Waals surface area contributed by atoms with E-state index in [1.807, 2.05) is 42.5 Å². The molecule has 5 heteroatoms. The van der Waals surface area contributed by atoms with Gasteiger partial charge in [0.25, 0.3) is 0 Å². The zero-order chi connectivity index (χ0) is 26.4. The molecule has 1 aliphatic heterocycles. The summed E-state index contributed by atoms with van der Waals surface area (Å²) in [5, 5.41) is 7.65. The van der Waals surface area contributed by atoms with Gasteiger partial charge in [-0.1, -0.05) is 89.2 Å². The van der Waals surface area contributed by atoms with Crippen molar-refractivity contribution in [3.05, 3.63) is 101 Å². The van der Waals surface area contributed by atoms with Gasteiger partial charge in [-0.15, -0.1) is 0 Å². The minimum atomic E-state index is -0.354. The summed E-state index contributed by atoms with van der Waals surface area (Å²) in [4.78, 5) is 16.0. The quantitative estimate of drug-likeness (QED) is 0.343. The predicted octanol–water partition coefficient (Wildman–Crippen LogP) is 8.00. The highest BCUT2D eigenvalue weighted by molar-refractivity contribution is 7.80.